The second kappa shape index (κ2) is 10.5. The van der Waals surface area contributed by atoms with Crippen LogP contribution in [0.25, 0.3) is 0 Å². The van der Waals surface area contributed by atoms with Gasteiger partial charge in [-0.15, -0.1) is 0 Å². The number of aromatic nitrogens is 1. The first kappa shape index (κ1) is 26.8. The van der Waals surface area contributed by atoms with Crippen LogP contribution in [-0.2, 0) is 22.6 Å². The molecule has 2 bridgehead atoms. The van der Waals surface area contributed by atoms with Gasteiger partial charge in [-0.3, -0.25) is 19.7 Å². The SMILES string of the molecule is COc1ccc(C[C@]2(CN3C[C@@H]4C[C@H](C3)c3cccc(=O)n3C4)C(=O)NC(=O)N(c3ccccc3)C2=O)c(OC)c1. The van der Waals surface area contributed by atoms with Crippen molar-refractivity contribution in [2.75, 3.05) is 38.8 Å². The molecule has 4 amide bonds. The Morgan fingerprint density at radius 2 is 1.71 bits per heavy atom. The number of nitrogens with one attached hydrogen (secondary N) is 1. The first-order chi connectivity index (χ1) is 19.8. The maximum atomic E-state index is 14.5. The summed E-state index contributed by atoms with van der Waals surface area (Å²) >= 11 is 0. The summed E-state index contributed by atoms with van der Waals surface area (Å²) < 4.78 is 12.8. The number of ether oxygens (including phenoxy) is 2. The minimum atomic E-state index is -1.62. The van der Waals surface area contributed by atoms with E-state index < -0.39 is 23.3 Å². The Hall–Kier alpha value is -4.44. The molecule has 4 heterocycles. The Morgan fingerprint density at radius 3 is 2.46 bits per heavy atom. The highest BCUT2D eigenvalue weighted by Gasteiger charge is 2.56. The third kappa shape index (κ3) is 4.67. The number of urea groups is 1. The Kier molecular flexibility index (Phi) is 6.86. The molecule has 3 atom stereocenters. The summed E-state index contributed by atoms with van der Waals surface area (Å²) in [6, 6.07) is 18.5. The van der Waals surface area contributed by atoms with E-state index in [4.69, 9.17) is 9.47 Å². The number of hydrogen-bond donors (Lipinski definition) is 1. The molecule has 1 aromatic heterocycles. The van der Waals surface area contributed by atoms with Gasteiger partial charge in [0, 0.05) is 56.3 Å². The Morgan fingerprint density at radius 1 is 0.902 bits per heavy atom. The molecule has 0 unspecified atom stereocenters. The zero-order valence-electron chi connectivity index (χ0n) is 23.0. The zero-order valence-corrected chi connectivity index (χ0v) is 23.0. The van der Waals surface area contributed by atoms with Crippen LogP contribution >= 0.6 is 0 Å². The molecule has 1 N–H and O–H groups in total. The molecule has 0 radical (unpaired) electrons. The molecule has 212 valence electrons. The fraction of sp³-hybridized carbons (Fsp3) is 0.355. The number of piperidine rings is 1. The topological polar surface area (TPSA) is 110 Å². The van der Waals surface area contributed by atoms with Crippen molar-refractivity contribution in [3.05, 3.63) is 88.3 Å². The van der Waals surface area contributed by atoms with Crippen LogP contribution in [0.2, 0.25) is 0 Å². The number of para-hydroxylation sites is 1. The number of carbonyl (C=O) groups is 3. The van der Waals surface area contributed by atoms with Gasteiger partial charge in [-0.05, 0) is 42.2 Å². The monoisotopic (exact) mass is 556 g/mol. The van der Waals surface area contributed by atoms with Crippen molar-refractivity contribution in [1.82, 2.24) is 14.8 Å². The van der Waals surface area contributed by atoms with Gasteiger partial charge in [0.2, 0.25) is 5.91 Å². The van der Waals surface area contributed by atoms with Gasteiger partial charge in [0.15, 0.2) is 0 Å². The average molecular weight is 557 g/mol. The summed E-state index contributed by atoms with van der Waals surface area (Å²) in [5.74, 6) is 0.141. The van der Waals surface area contributed by atoms with Crippen LogP contribution < -0.4 is 25.2 Å². The van der Waals surface area contributed by atoms with Crippen LogP contribution in [0, 0.1) is 11.3 Å². The highest BCUT2D eigenvalue weighted by atomic mass is 16.5. The summed E-state index contributed by atoms with van der Waals surface area (Å²) in [7, 11) is 3.08. The third-order valence-electron chi connectivity index (χ3n) is 8.52. The van der Waals surface area contributed by atoms with Gasteiger partial charge in [-0.25, -0.2) is 9.69 Å². The largest absolute Gasteiger partial charge is 0.497 e. The Bertz CT molecular complexity index is 1570. The summed E-state index contributed by atoms with van der Waals surface area (Å²) in [5.41, 5.74) is 0.385. The summed E-state index contributed by atoms with van der Waals surface area (Å²) in [6.45, 7) is 1.91. The van der Waals surface area contributed by atoms with E-state index in [1.807, 2.05) is 10.6 Å². The van der Waals surface area contributed by atoms with Gasteiger partial charge < -0.3 is 18.9 Å². The van der Waals surface area contributed by atoms with Crippen molar-refractivity contribution in [3.8, 4) is 11.5 Å². The number of nitrogens with zero attached hydrogens (tertiary/aromatic N) is 3. The van der Waals surface area contributed by atoms with Gasteiger partial charge in [0.25, 0.3) is 11.5 Å². The highest BCUT2D eigenvalue weighted by Crippen LogP contribution is 2.40. The lowest BCUT2D eigenvalue weighted by Gasteiger charge is -2.47. The molecule has 41 heavy (non-hydrogen) atoms. The molecule has 0 saturated carbocycles. The van der Waals surface area contributed by atoms with E-state index in [0.29, 0.717) is 42.4 Å². The van der Waals surface area contributed by atoms with Crippen LogP contribution in [0.15, 0.2) is 71.5 Å². The van der Waals surface area contributed by atoms with E-state index in [9.17, 15) is 19.2 Å². The molecule has 0 aliphatic carbocycles. The molecule has 10 heteroatoms. The number of hydrogen-bond acceptors (Lipinski definition) is 7. The standard InChI is InChI=1S/C31H32N4O6/c1-40-24-12-11-21(26(14-24)41-2)15-31(28(37)32-30(39)35(29(31)38)23-7-4-3-5-8-23)19-33-16-20-13-22(18-33)25-9-6-10-27(36)34(25)17-20/h3-12,14,20,22H,13,15-19H2,1-2H3,(H,32,37,39)/t20-,22+,31-/m0/s1. The summed E-state index contributed by atoms with van der Waals surface area (Å²) in [5, 5.41) is 2.48. The van der Waals surface area contributed by atoms with Crippen LogP contribution in [0.4, 0.5) is 10.5 Å². The Balaban J connectivity index is 1.41. The van der Waals surface area contributed by atoms with Crippen molar-refractivity contribution in [1.29, 1.82) is 0 Å². The molecule has 6 rings (SSSR count). The number of barbiturate groups is 1. The minimum absolute atomic E-state index is 0.00688. The molecule has 2 fully saturated rings. The van der Waals surface area contributed by atoms with E-state index in [1.165, 1.54) is 7.11 Å². The summed E-state index contributed by atoms with van der Waals surface area (Å²) in [4.78, 5) is 57.2. The third-order valence-corrected chi connectivity index (χ3v) is 8.52. The van der Waals surface area contributed by atoms with Crippen molar-refractivity contribution in [2.45, 2.75) is 25.3 Å². The molecule has 2 saturated heterocycles. The number of carbonyl (C=O) groups excluding carboxylic acids is 3. The smallest absolute Gasteiger partial charge is 0.335 e. The predicted octanol–water partition coefficient (Wildman–Crippen LogP) is 2.80. The second-order valence-corrected chi connectivity index (χ2v) is 11.1. The maximum Gasteiger partial charge on any atom is 0.335 e. The van der Waals surface area contributed by atoms with Crippen molar-refractivity contribution >= 4 is 23.5 Å². The van der Waals surface area contributed by atoms with Crippen LogP contribution in [0.1, 0.15) is 23.6 Å². The number of methoxy groups -OCH3 is 2. The number of fused-ring (bicyclic) bond motifs is 4. The minimum Gasteiger partial charge on any atom is -0.497 e. The number of amides is 4. The number of rotatable bonds is 7. The molecule has 3 aliphatic heterocycles. The second-order valence-electron chi connectivity index (χ2n) is 11.1. The van der Waals surface area contributed by atoms with E-state index >= 15 is 0 Å². The van der Waals surface area contributed by atoms with Crippen molar-refractivity contribution < 1.29 is 23.9 Å². The quantitative estimate of drug-likeness (QED) is 0.446. The highest BCUT2D eigenvalue weighted by molar-refractivity contribution is 6.30. The summed E-state index contributed by atoms with van der Waals surface area (Å²) in [6.07, 6.45) is 0.956. The van der Waals surface area contributed by atoms with E-state index in [-0.39, 0.29) is 30.4 Å². The lowest BCUT2D eigenvalue weighted by molar-refractivity contribution is -0.144. The fourth-order valence-electron chi connectivity index (χ4n) is 6.67. The van der Waals surface area contributed by atoms with E-state index in [1.54, 1.807) is 67.8 Å². The molecule has 3 aromatic rings. The number of benzene rings is 2. The normalized spacial score (nSPS) is 24.0. The molecule has 2 aromatic carbocycles. The van der Waals surface area contributed by atoms with Crippen LogP contribution in [-0.4, -0.2) is 61.2 Å². The molecular formula is C31H32N4O6. The maximum absolute atomic E-state index is 14.5. The molecule has 0 spiro atoms. The average Bonchev–Trinajstić information content (AvgIpc) is 2.97. The number of imide groups is 2. The molecule has 3 aliphatic rings. The Labute approximate surface area is 237 Å². The fourth-order valence-corrected chi connectivity index (χ4v) is 6.67. The number of pyridine rings is 1. The van der Waals surface area contributed by atoms with E-state index in [0.717, 1.165) is 17.0 Å². The van der Waals surface area contributed by atoms with Gasteiger partial charge in [-0.1, -0.05) is 30.3 Å². The molecular weight excluding hydrogens is 524 g/mol. The zero-order chi connectivity index (χ0) is 28.7. The van der Waals surface area contributed by atoms with Gasteiger partial charge >= 0.3 is 6.03 Å². The predicted molar refractivity (Wildman–Crippen MR) is 151 cm³/mol. The van der Waals surface area contributed by atoms with Crippen molar-refractivity contribution in [3.63, 3.8) is 0 Å². The van der Waals surface area contributed by atoms with Gasteiger partial charge in [0.1, 0.15) is 16.9 Å². The van der Waals surface area contributed by atoms with Crippen LogP contribution in [0.3, 0.4) is 0 Å². The lowest BCUT2D eigenvalue weighted by Crippen LogP contribution is -2.68. The van der Waals surface area contributed by atoms with Gasteiger partial charge in [-0.2, -0.15) is 0 Å². The number of anilines is 1. The number of likely N-dealkylation sites (tertiary alicyclic amines) is 1. The van der Waals surface area contributed by atoms with Crippen LogP contribution in [0.5, 0.6) is 11.5 Å². The first-order valence-electron chi connectivity index (χ1n) is 13.7. The van der Waals surface area contributed by atoms with Gasteiger partial charge in [0.05, 0.1) is 19.9 Å². The van der Waals surface area contributed by atoms with Crippen molar-refractivity contribution in [2.24, 2.45) is 11.3 Å². The van der Waals surface area contributed by atoms with E-state index in [2.05, 4.69) is 10.2 Å². The first-order valence-corrected chi connectivity index (χ1v) is 13.7. The molecule has 10 nitrogen and oxygen atoms in total. The lowest BCUT2D eigenvalue weighted by atomic mass is 9.75.